The Labute approximate surface area is 153 Å². The standard InChI is InChI=1S/C22H22O4/c1-3-20(23)25-13-5-6-16-7-9-17(10-8-16)22-12-11-19(14-18(22)15-22)26-21(24)4-2/h3-4,7-12,14,18H,1-2,5-6,13,15H2. The van der Waals surface area contributed by atoms with Gasteiger partial charge in [0.15, 0.2) is 0 Å². The van der Waals surface area contributed by atoms with Crippen LogP contribution in [-0.2, 0) is 30.9 Å². The molecule has 1 aromatic rings. The van der Waals surface area contributed by atoms with Crippen molar-refractivity contribution in [2.24, 2.45) is 5.92 Å². The lowest BCUT2D eigenvalue weighted by Gasteiger charge is -2.17. The summed E-state index contributed by atoms with van der Waals surface area (Å²) < 4.78 is 10.2. The molecule has 0 heterocycles. The maximum Gasteiger partial charge on any atom is 0.335 e. The molecule has 0 saturated heterocycles. The summed E-state index contributed by atoms with van der Waals surface area (Å²) in [5.74, 6) is 0.148. The Morgan fingerprint density at radius 3 is 2.54 bits per heavy atom. The quantitative estimate of drug-likeness (QED) is 0.407. The number of esters is 2. The smallest absolute Gasteiger partial charge is 0.335 e. The van der Waals surface area contributed by atoms with Gasteiger partial charge in [-0.3, -0.25) is 0 Å². The van der Waals surface area contributed by atoms with Crippen LogP contribution >= 0.6 is 0 Å². The highest BCUT2D eigenvalue weighted by molar-refractivity contribution is 5.82. The molecule has 4 nitrogen and oxygen atoms in total. The lowest BCUT2D eigenvalue weighted by molar-refractivity contribution is -0.138. The molecule has 2 aliphatic rings. The minimum atomic E-state index is -0.433. The van der Waals surface area contributed by atoms with Crippen molar-refractivity contribution in [1.82, 2.24) is 0 Å². The van der Waals surface area contributed by atoms with E-state index in [1.165, 1.54) is 23.3 Å². The van der Waals surface area contributed by atoms with Crippen molar-refractivity contribution in [3.05, 3.63) is 84.7 Å². The van der Waals surface area contributed by atoms with Gasteiger partial charge in [-0.2, -0.15) is 0 Å². The number of rotatable bonds is 8. The van der Waals surface area contributed by atoms with Crippen LogP contribution in [0.5, 0.6) is 0 Å². The molecule has 1 saturated carbocycles. The molecule has 134 valence electrons. The van der Waals surface area contributed by atoms with Crippen LogP contribution in [0.4, 0.5) is 0 Å². The van der Waals surface area contributed by atoms with Gasteiger partial charge < -0.3 is 9.47 Å². The Morgan fingerprint density at radius 2 is 1.88 bits per heavy atom. The second-order valence-electron chi connectivity index (χ2n) is 6.55. The van der Waals surface area contributed by atoms with Gasteiger partial charge in [-0.05, 0) is 48.5 Å². The summed E-state index contributed by atoms with van der Waals surface area (Å²) >= 11 is 0. The fourth-order valence-corrected chi connectivity index (χ4v) is 3.33. The normalized spacial score (nSPS) is 22.6. The summed E-state index contributed by atoms with van der Waals surface area (Å²) in [5, 5.41) is 0. The van der Waals surface area contributed by atoms with Gasteiger partial charge in [0.25, 0.3) is 0 Å². The number of allylic oxidation sites excluding steroid dienone is 3. The third kappa shape index (κ3) is 3.85. The highest BCUT2D eigenvalue weighted by Gasteiger charge is 2.53. The first kappa shape index (κ1) is 17.9. The first-order valence-corrected chi connectivity index (χ1v) is 8.71. The van der Waals surface area contributed by atoms with E-state index >= 15 is 0 Å². The zero-order valence-corrected chi connectivity index (χ0v) is 14.6. The van der Waals surface area contributed by atoms with Crippen molar-refractivity contribution in [2.75, 3.05) is 6.61 Å². The molecule has 0 N–H and O–H groups in total. The number of carbonyl (C=O) groups excluding carboxylic acids is 2. The maximum absolute atomic E-state index is 11.3. The van der Waals surface area contributed by atoms with Crippen LogP contribution in [0.25, 0.3) is 0 Å². The summed E-state index contributed by atoms with van der Waals surface area (Å²) in [6.07, 6.45) is 11.0. The largest absolute Gasteiger partial charge is 0.463 e. The molecule has 26 heavy (non-hydrogen) atoms. The highest BCUT2D eigenvalue weighted by Crippen LogP contribution is 2.58. The van der Waals surface area contributed by atoms with Gasteiger partial charge in [-0.15, -0.1) is 0 Å². The Hall–Kier alpha value is -2.88. The fourth-order valence-electron chi connectivity index (χ4n) is 3.33. The predicted octanol–water partition coefficient (Wildman–Crippen LogP) is 3.79. The SMILES string of the molecule is C=CC(=O)OCCCc1ccc(C23C=CC(OC(=O)C=C)=CC2C3)cc1. The van der Waals surface area contributed by atoms with Crippen molar-refractivity contribution in [3.8, 4) is 0 Å². The monoisotopic (exact) mass is 350 g/mol. The van der Waals surface area contributed by atoms with Gasteiger partial charge >= 0.3 is 11.9 Å². The molecule has 0 bridgehead atoms. The molecule has 1 aromatic carbocycles. The lowest BCUT2D eigenvalue weighted by Crippen LogP contribution is -2.11. The lowest BCUT2D eigenvalue weighted by atomic mass is 9.89. The number of hydrogen-bond acceptors (Lipinski definition) is 4. The maximum atomic E-state index is 11.3. The summed E-state index contributed by atoms with van der Waals surface area (Å²) in [4.78, 5) is 22.3. The van der Waals surface area contributed by atoms with E-state index in [4.69, 9.17) is 9.47 Å². The summed E-state index contributed by atoms with van der Waals surface area (Å²) in [5.41, 5.74) is 2.51. The summed E-state index contributed by atoms with van der Waals surface area (Å²) in [6.45, 7) is 7.18. The molecular weight excluding hydrogens is 328 g/mol. The number of fused-ring (bicyclic) bond motifs is 1. The predicted molar refractivity (Wildman–Crippen MR) is 99.2 cm³/mol. The molecule has 0 amide bonds. The zero-order valence-electron chi connectivity index (χ0n) is 14.6. The number of ether oxygens (including phenoxy) is 2. The Balaban J connectivity index is 1.55. The van der Waals surface area contributed by atoms with Crippen molar-refractivity contribution >= 4 is 11.9 Å². The van der Waals surface area contributed by atoms with Gasteiger partial charge in [0.05, 0.1) is 6.61 Å². The average Bonchev–Trinajstić information content (AvgIpc) is 3.40. The zero-order chi connectivity index (χ0) is 18.6. The third-order valence-corrected chi connectivity index (χ3v) is 4.87. The van der Waals surface area contributed by atoms with E-state index in [-0.39, 0.29) is 11.4 Å². The molecule has 4 heteroatoms. The molecule has 2 atom stereocenters. The van der Waals surface area contributed by atoms with Crippen LogP contribution in [0, 0.1) is 5.92 Å². The number of aryl methyl sites for hydroxylation is 1. The summed E-state index contributed by atoms with van der Waals surface area (Å²) in [7, 11) is 0. The van der Waals surface area contributed by atoms with Crippen molar-refractivity contribution in [2.45, 2.75) is 24.7 Å². The minimum Gasteiger partial charge on any atom is -0.463 e. The molecule has 2 aliphatic carbocycles. The van der Waals surface area contributed by atoms with Crippen LogP contribution in [-0.4, -0.2) is 18.5 Å². The van der Waals surface area contributed by atoms with Gasteiger partial charge in [-0.1, -0.05) is 43.5 Å². The number of hydrogen-bond donors (Lipinski definition) is 0. The van der Waals surface area contributed by atoms with Gasteiger partial charge in [-0.25, -0.2) is 9.59 Å². The van der Waals surface area contributed by atoms with Gasteiger partial charge in [0, 0.05) is 17.6 Å². The second kappa shape index (κ2) is 7.56. The van der Waals surface area contributed by atoms with Crippen molar-refractivity contribution in [3.63, 3.8) is 0 Å². The molecule has 0 radical (unpaired) electrons. The van der Waals surface area contributed by atoms with Crippen LogP contribution in [0.1, 0.15) is 24.0 Å². The van der Waals surface area contributed by atoms with E-state index in [1.807, 2.05) is 12.2 Å². The minimum absolute atomic E-state index is 0.0299. The van der Waals surface area contributed by atoms with Gasteiger partial charge in [0.1, 0.15) is 5.76 Å². The van der Waals surface area contributed by atoms with E-state index in [2.05, 4.69) is 43.5 Å². The first-order chi connectivity index (χ1) is 12.6. The molecule has 2 unspecified atom stereocenters. The van der Waals surface area contributed by atoms with Crippen LogP contribution in [0.3, 0.4) is 0 Å². The molecule has 0 spiro atoms. The Morgan fingerprint density at radius 1 is 1.15 bits per heavy atom. The summed E-state index contributed by atoms with van der Waals surface area (Å²) in [6, 6.07) is 8.56. The van der Waals surface area contributed by atoms with Crippen molar-refractivity contribution in [1.29, 1.82) is 0 Å². The van der Waals surface area contributed by atoms with E-state index in [0.29, 0.717) is 18.3 Å². The van der Waals surface area contributed by atoms with E-state index in [0.717, 1.165) is 19.3 Å². The molecule has 0 aliphatic heterocycles. The van der Waals surface area contributed by atoms with E-state index in [9.17, 15) is 9.59 Å². The number of carbonyl (C=O) groups is 2. The second-order valence-corrected chi connectivity index (χ2v) is 6.55. The molecule has 3 rings (SSSR count). The molecular formula is C22H22O4. The highest BCUT2D eigenvalue weighted by atomic mass is 16.5. The Kier molecular flexibility index (Phi) is 5.21. The van der Waals surface area contributed by atoms with Crippen molar-refractivity contribution < 1.29 is 19.1 Å². The average molecular weight is 350 g/mol. The number of benzene rings is 1. The Bertz CT molecular complexity index is 785. The van der Waals surface area contributed by atoms with E-state index in [1.54, 1.807) is 0 Å². The van der Waals surface area contributed by atoms with E-state index < -0.39 is 5.97 Å². The van der Waals surface area contributed by atoms with Crippen LogP contribution in [0.2, 0.25) is 0 Å². The van der Waals surface area contributed by atoms with Gasteiger partial charge in [0.2, 0.25) is 0 Å². The van der Waals surface area contributed by atoms with Crippen LogP contribution in [0.15, 0.2) is 73.6 Å². The first-order valence-electron chi connectivity index (χ1n) is 8.71. The molecule has 0 aromatic heterocycles. The fraction of sp³-hybridized carbons (Fsp3) is 0.273. The molecule has 1 fully saturated rings. The van der Waals surface area contributed by atoms with Crippen LogP contribution < -0.4 is 0 Å². The topological polar surface area (TPSA) is 52.6 Å². The third-order valence-electron chi connectivity index (χ3n) is 4.87.